The fourth-order valence-corrected chi connectivity index (χ4v) is 4.14. The van der Waals surface area contributed by atoms with Gasteiger partial charge in [0.15, 0.2) is 5.82 Å². The highest BCUT2D eigenvalue weighted by Crippen LogP contribution is 2.25. The van der Waals surface area contributed by atoms with Gasteiger partial charge in [0.05, 0.1) is 17.2 Å². The maximum Gasteiger partial charge on any atom is 0.336 e. The molecule has 3 aromatic carbocycles. The van der Waals surface area contributed by atoms with Crippen LogP contribution in [0.15, 0.2) is 77.7 Å². The van der Waals surface area contributed by atoms with Gasteiger partial charge in [-0.05, 0) is 62.4 Å². The van der Waals surface area contributed by atoms with Gasteiger partial charge in [0.1, 0.15) is 5.82 Å². The van der Waals surface area contributed by atoms with Crippen LogP contribution in [0.1, 0.15) is 12.5 Å². The molecule has 9 heteroatoms. The number of aryl methyl sites for hydroxylation is 1. The molecule has 0 saturated carbocycles. The molecule has 164 valence electrons. The van der Waals surface area contributed by atoms with E-state index in [9.17, 15) is 12.8 Å². The number of ether oxygens (including phenoxy) is 1. The fourth-order valence-electron chi connectivity index (χ4n) is 3.08. The molecular weight excluding hydrogens is 431 g/mol. The maximum absolute atomic E-state index is 13.8. The molecule has 0 amide bonds. The van der Waals surface area contributed by atoms with E-state index in [1.165, 1.54) is 16.8 Å². The Morgan fingerprint density at radius 1 is 1.03 bits per heavy atom. The van der Waals surface area contributed by atoms with E-state index in [1.54, 1.807) is 60.7 Å². The van der Waals surface area contributed by atoms with Crippen molar-refractivity contribution in [3.05, 3.63) is 84.2 Å². The Balaban J connectivity index is 1.65. The van der Waals surface area contributed by atoms with Gasteiger partial charge in [0.25, 0.3) is 10.0 Å². The number of halogens is 1. The van der Waals surface area contributed by atoms with Gasteiger partial charge in [0, 0.05) is 11.3 Å². The average Bonchev–Trinajstić information content (AvgIpc) is 3.19. The third-order valence-electron chi connectivity index (χ3n) is 4.64. The third kappa shape index (κ3) is 4.62. The number of hydrogen-bond acceptors (Lipinski definition) is 5. The van der Waals surface area contributed by atoms with E-state index >= 15 is 0 Å². The Labute approximate surface area is 185 Å². The van der Waals surface area contributed by atoms with Gasteiger partial charge in [0.2, 0.25) is 0 Å². The van der Waals surface area contributed by atoms with E-state index in [4.69, 9.17) is 4.74 Å². The normalized spacial score (nSPS) is 11.3. The van der Waals surface area contributed by atoms with Crippen LogP contribution in [0, 0.1) is 12.7 Å². The summed E-state index contributed by atoms with van der Waals surface area (Å²) < 4.78 is 48.5. The van der Waals surface area contributed by atoms with E-state index in [0.717, 1.165) is 5.56 Å². The summed E-state index contributed by atoms with van der Waals surface area (Å²) >= 11 is 0. The van der Waals surface area contributed by atoms with Crippen LogP contribution in [-0.4, -0.2) is 29.8 Å². The van der Waals surface area contributed by atoms with Gasteiger partial charge >= 0.3 is 6.01 Å². The zero-order valence-corrected chi connectivity index (χ0v) is 18.3. The lowest BCUT2D eigenvalue weighted by molar-refractivity contribution is 0.312. The van der Waals surface area contributed by atoms with Crippen LogP contribution in [-0.2, 0) is 10.0 Å². The van der Waals surface area contributed by atoms with Crippen molar-refractivity contribution in [2.24, 2.45) is 0 Å². The molecule has 0 bridgehead atoms. The minimum absolute atomic E-state index is 0.163. The van der Waals surface area contributed by atoms with Crippen molar-refractivity contribution in [1.82, 2.24) is 14.8 Å². The number of nitrogens with one attached hydrogen (secondary N) is 1. The third-order valence-corrected chi connectivity index (χ3v) is 6.04. The first-order valence-electron chi connectivity index (χ1n) is 9.91. The Morgan fingerprint density at radius 3 is 2.41 bits per heavy atom. The van der Waals surface area contributed by atoms with Crippen molar-refractivity contribution >= 4 is 15.7 Å². The maximum atomic E-state index is 13.8. The standard InChI is InChI=1S/C23H21FN4O3S/c1-3-31-23-25-22(17-5-4-6-18(24)15-17)28(26-23)20-11-9-19(10-12-20)27-32(29,30)21-13-7-16(2)8-14-21/h4-15,27H,3H2,1-2H3. The molecule has 0 unspecified atom stereocenters. The number of aromatic nitrogens is 3. The largest absolute Gasteiger partial charge is 0.463 e. The Morgan fingerprint density at radius 2 is 1.75 bits per heavy atom. The quantitative estimate of drug-likeness (QED) is 0.444. The first-order valence-corrected chi connectivity index (χ1v) is 11.4. The average molecular weight is 453 g/mol. The van der Waals surface area contributed by atoms with Crippen LogP contribution in [0.4, 0.5) is 10.1 Å². The summed E-state index contributed by atoms with van der Waals surface area (Å²) in [5.74, 6) is 0.0109. The first kappa shape index (κ1) is 21.5. The topological polar surface area (TPSA) is 86.1 Å². The second-order valence-corrected chi connectivity index (χ2v) is 8.72. The first-order chi connectivity index (χ1) is 15.4. The van der Waals surface area contributed by atoms with E-state index in [-0.39, 0.29) is 10.9 Å². The number of nitrogens with zero attached hydrogens (tertiary/aromatic N) is 3. The second-order valence-electron chi connectivity index (χ2n) is 7.04. The molecule has 0 saturated heterocycles. The minimum atomic E-state index is -3.71. The van der Waals surface area contributed by atoms with Crippen molar-refractivity contribution < 1.29 is 17.5 Å². The van der Waals surface area contributed by atoms with Crippen molar-refractivity contribution in [2.75, 3.05) is 11.3 Å². The van der Waals surface area contributed by atoms with E-state index < -0.39 is 15.8 Å². The number of sulfonamides is 1. The van der Waals surface area contributed by atoms with E-state index in [2.05, 4.69) is 14.8 Å². The molecule has 1 N–H and O–H groups in total. The summed E-state index contributed by atoms with van der Waals surface area (Å²) in [6, 6.07) is 19.4. The molecule has 0 aliphatic heterocycles. The number of anilines is 1. The lowest BCUT2D eigenvalue weighted by Crippen LogP contribution is -2.13. The van der Waals surface area contributed by atoms with Gasteiger partial charge in [-0.25, -0.2) is 17.5 Å². The molecule has 0 spiro atoms. The summed E-state index contributed by atoms with van der Waals surface area (Å²) in [7, 11) is -3.71. The van der Waals surface area contributed by atoms with Gasteiger partial charge in [-0.1, -0.05) is 29.8 Å². The van der Waals surface area contributed by atoms with Gasteiger partial charge < -0.3 is 4.74 Å². The smallest absolute Gasteiger partial charge is 0.336 e. The Kier molecular flexibility index (Phi) is 5.91. The second kappa shape index (κ2) is 8.80. The highest BCUT2D eigenvalue weighted by molar-refractivity contribution is 7.92. The molecule has 4 rings (SSSR count). The summed E-state index contributed by atoms with van der Waals surface area (Å²) in [5.41, 5.74) is 2.52. The van der Waals surface area contributed by atoms with Crippen molar-refractivity contribution in [2.45, 2.75) is 18.7 Å². The molecular formula is C23H21FN4O3S. The summed E-state index contributed by atoms with van der Waals surface area (Å²) in [6.07, 6.45) is 0. The van der Waals surface area contributed by atoms with Crippen molar-refractivity contribution in [1.29, 1.82) is 0 Å². The predicted molar refractivity (Wildman–Crippen MR) is 120 cm³/mol. The van der Waals surface area contributed by atoms with Gasteiger partial charge in [-0.2, -0.15) is 4.98 Å². The SMILES string of the molecule is CCOc1nc(-c2cccc(F)c2)n(-c2ccc(NS(=O)(=O)c3ccc(C)cc3)cc2)n1. The summed E-state index contributed by atoms with van der Waals surface area (Å²) in [4.78, 5) is 4.55. The zero-order valence-electron chi connectivity index (χ0n) is 17.5. The number of rotatable bonds is 7. The minimum Gasteiger partial charge on any atom is -0.463 e. The van der Waals surface area contributed by atoms with Crippen LogP contribution in [0.3, 0.4) is 0 Å². The summed E-state index contributed by atoms with van der Waals surface area (Å²) in [5, 5.41) is 4.36. The molecule has 1 heterocycles. The van der Waals surface area contributed by atoms with Gasteiger partial charge in [-0.15, -0.1) is 5.10 Å². The van der Waals surface area contributed by atoms with Gasteiger partial charge in [-0.3, -0.25) is 4.72 Å². The molecule has 1 aromatic heterocycles. The zero-order chi connectivity index (χ0) is 22.7. The monoisotopic (exact) mass is 452 g/mol. The Bertz CT molecular complexity index is 1330. The molecule has 0 fully saturated rings. The molecule has 7 nitrogen and oxygen atoms in total. The summed E-state index contributed by atoms with van der Waals surface area (Å²) in [6.45, 7) is 4.09. The van der Waals surface area contributed by atoms with Crippen molar-refractivity contribution in [3.8, 4) is 23.1 Å². The number of hydrogen-bond donors (Lipinski definition) is 1. The molecule has 0 atom stereocenters. The molecule has 0 aliphatic carbocycles. The Hall–Kier alpha value is -3.72. The number of benzene rings is 3. The fraction of sp³-hybridized carbons (Fsp3) is 0.130. The van der Waals surface area contributed by atoms with Crippen LogP contribution in [0.2, 0.25) is 0 Å². The lowest BCUT2D eigenvalue weighted by atomic mass is 10.2. The molecule has 0 radical (unpaired) electrons. The highest BCUT2D eigenvalue weighted by atomic mass is 32.2. The van der Waals surface area contributed by atoms with E-state index in [1.807, 2.05) is 13.8 Å². The van der Waals surface area contributed by atoms with Crippen molar-refractivity contribution in [3.63, 3.8) is 0 Å². The molecule has 4 aromatic rings. The highest BCUT2D eigenvalue weighted by Gasteiger charge is 2.17. The van der Waals surface area contributed by atoms with E-state index in [0.29, 0.717) is 29.4 Å². The molecule has 32 heavy (non-hydrogen) atoms. The molecule has 0 aliphatic rings. The van der Waals surface area contributed by atoms with Crippen LogP contribution in [0.5, 0.6) is 6.01 Å². The van der Waals surface area contributed by atoms with Crippen LogP contribution in [0.25, 0.3) is 17.1 Å². The lowest BCUT2D eigenvalue weighted by Gasteiger charge is -2.10. The predicted octanol–water partition coefficient (Wildman–Crippen LogP) is 4.58. The van der Waals surface area contributed by atoms with Crippen LogP contribution < -0.4 is 9.46 Å². The van der Waals surface area contributed by atoms with Crippen LogP contribution >= 0.6 is 0 Å².